The zero-order valence-electron chi connectivity index (χ0n) is 9.41. The molecule has 1 heterocycles. The third-order valence-electron chi connectivity index (χ3n) is 2.78. The van der Waals surface area contributed by atoms with Crippen LogP contribution >= 0.6 is 11.8 Å². The van der Waals surface area contributed by atoms with Gasteiger partial charge in [-0.3, -0.25) is 0 Å². The fraction of sp³-hybridized carbons (Fsp3) is 0.538. The molecule has 0 bridgehead atoms. The van der Waals surface area contributed by atoms with Gasteiger partial charge in [0.05, 0.1) is 0 Å². The third-order valence-corrected chi connectivity index (χ3v) is 4.00. The maximum Gasteiger partial charge on any atom is 0.0366 e. The van der Waals surface area contributed by atoms with Gasteiger partial charge in [-0.25, -0.2) is 0 Å². The number of thioether (sulfide) groups is 1. The van der Waals surface area contributed by atoms with Crippen LogP contribution < -0.4 is 4.90 Å². The SMILES string of the molecule is CCCSc1ccc(N2CCCC2)cc1. The fourth-order valence-corrected chi connectivity index (χ4v) is 2.72. The van der Waals surface area contributed by atoms with E-state index in [1.165, 1.54) is 48.7 Å². The highest BCUT2D eigenvalue weighted by molar-refractivity contribution is 7.99. The minimum absolute atomic E-state index is 1.23. The van der Waals surface area contributed by atoms with Gasteiger partial charge in [-0.1, -0.05) is 6.92 Å². The van der Waals surface area contributed by atoms with Gasteiger partial charge in [-0.05, 0) is 49.3 Å². The molecule has 0 spiro atoms. The summed E-state index contributed by atoms with van der Waals surface area (Å²) in [4.78, 5) is 3.88. The summed E-state index contributed by atoms with van der Waals surface area (Å²) in [5.41, 5.74) is 1.40. The summed E-state index contributed by atoms with van der Waals surface area (Å²) in [7, 11) is 0. The summed E-state index contributed by atoms with van der Waals surface area (Å²) >= 11 is 1.95. The quantitative estimate of drug-likeness (QED) is 0.712. The van der Waals surface area contributed by atoms with E-state index in [-0.39, 0.29) is 0 Å². The van der Waals surface area contributed by atoms with Crippen LogP contribution in [0.25, 0.3) is 0 Å². The van der Waals surface area contributed by atoms with Crippen molar-refractivity contribution in [2.45, 2.75) is 31.1 Å². The molecule has 1 aliphatic rings. The Balaban J connectivity index is 1.96. The van der Waals surface area contributed by atoms with Crippen LogP contribution in [0.5, 0.6) is 0 Å². The van der Waals surface area contributed by atoms with Crippen LogP contribution in [-0.4, -0.2) is 18.8 Å². The van der Waals surface area contributed by atoms with E-state index in [1.807, 2.05) is 11.8 Å². The molecule has 1 aliphatic heterocycles. The maximum atomic E-state index is 2.48. The molecular formula is C13H19NS. The molecular weight excluding hydrogens is 202 g/mol. The Hall–Kier alpha value is -0.630. The van der Waals surface area contributed by atoms with Crippen LogP contribution in [0.3, 0.4) is 0 Å². The second kappa shape index (κ2) is 5.45. The smallest absolute Gasteiger partial charge is 0.0366 e. The van der Waals surface area contributed by atoms with Crippen LogP contribution in [0.1, 0.15) is 26.2 Å². The van der Waals surface area contributed by atoms with E-state index in [2.05, 4.69) is 36.1 Å². The highest BCUT2D eigenvalue weighted by Gasteiger charge is 2.11. The predicted molar refractivity (Wildman–Crippen MR) is 68.9 cm³/mol. The molecule has 0 radical (unpaired) electrons. The van der Waals surface area contributed by atoms with Crippen molar-refractivity contribution in [2.75, 3.05) is 23.7 Å². The van der Waals surface area contributed by atoms with E-state index in [0.717, 1.165) is 0 Å². The van der Waals surface area contributed by atoms with E-state index in [9.17, 15) is 0 Å². The average molecular weight is 221 g/mol. The van der Waals surface area contributed by atoms with Gasteiger partial charge in [0.15, 0.2) is 0 Å². The summed E-state index contributed by atoms with van der Waals surface area (Å²) in [6.07, 6.45) is 3.96. The topological polar surface area (TPSA) is 3.24 Å². The Labute approximate surface area is 96.9 Å². The molecule has 1 saturated heterocycles. The van der Waals surface area contributed by atoms with Crippen LogP contribution in [-0.2, 0) is 0 Å². The van der Waals surface area contributed by atoms with Gasteiger partial charge in [0.2, 0.25) is 0 Å². The van der Waals surface area contributed by atoms with E-state index >= 15 is 0 Å². The van der Waals surface area contributed by atoms with Crippen molar-refractivity contribution in [3.05, 3.63) is 24.3 Å². The van der Waals surface area contributed by atoms with Crippen LogP contribution in [0, 0.1) is 0 Å². The van der Waals surface area contributed by atoms with Crippen LogP contribution in [0.15, 0.2) is 29.2 Å². The molecule has 0 unspecified atom stereocenters. The summed E-state index contributed by atoms with van der Waals surface area (Å²) in [5, 5.41) is 0. The molecule has 2 rings (SSSR count). The second-order valence-corrected chi connectivity index (χ2v) is 5.20. The van der Waals surface area contributed by atoms with E-state index < -0.39 is 0 Å². The van der Waals surface area contributed by atoms with Crippen molar-refractivity contribution in [3.63, 3.8) is 0 Å². The van der Waals surface area contributed by atoms with Gasteiger partial charge in [0.25, 0.3) is 0 Å². The second-order valence-electron chi connectivity index (χ2n) is 4.04. The number of anilines is 1. The first-order chi connectivity index (χ1) is 7.40. The molecule has 0 saturated carbocycles. The number of nitrogens with zero attached hydrogens (tertiary/aromatic N) is 1. The zero-order chi connectivity index (χ0) is 10.5. The summed E-state index contributed by atoms with van der Waals surface area (Å²) in [6.45, 7) is 4.70. The molecule has 1 fully saturated rings. The molecule has 0 aromatic heterocycles. The van der Waals surface area contributed by atoms with Crippen molar-refractivity contribution in [1.82, 2.24) is 0 Å². The number of hydrogen-bond donors (Lipinski definition) is 0. The molecule has 0 atom stereocenters. The van der Waals surface area contributed by atoms with E-state index in [0.29, 0.717) is 0 Å². The number of rotatable bonds is 4. The first-order valence-corrected chi connectivity index (χ1v) is 6.86. The van der Waals surface area contributed by atoms with Crippen molar-refractivity contribution < 1.29 is 0 Å². The van der Waals surface area contributed by atoms with Crippen LogP contribution in [0.2, 0.25) is 0 Å². The molecule has 1 aromatic rings. The average Bonchev–Trinajstić information content (AvgIpc) is 2.80. The standard InChI is InChI=1S/C13H19NS/c1-2-11-15-13-7-5-12(6-8-13)14-9-3-4-10-14/h5-8H,2-4,9-11H2,1H3. The van der Waals surface area contributed by atoms with Gasteiger partial charge in [-0.15, -0.1) is 11.8 Å². The monoisotopic (exact) mass is 221 g/mol. The van der Waals surface area contributed by atoms with Crippen molar-refractivity contribution in [3.8, 4) is 0 Å². The minimum Gasteiger partial charge on any atom is -0.372 e. The van der Waals surface area contributed by atoms with Gasteiger partial charge in [0, 0.05) is 23.7 Å². The Kier molecular flexibility index (Phi) is 3.95. The maximum absolute atomic E-state index is 2.48. The van der Waals surface area contributed by atoms with Crippen LogP contribution in [0.4, 0.5) is 5.69 Å². The van der Waals surface area contributed by atoms with Gasteiger partial charge < -0.3 is 4.90 Å². The molecule has 1 nitrogen and oxygen atoms in total. The highest BCUT2D eigenvalue weighted by Crippen LogP contribution is 2.24. The van der Waals surface area contributed by atoms with Gasteiger partial charge >= 0.3 is 0 Å². The van der Waals surface area contributed by atoms with E-state index in [1.54, 1.807) is 0 Å². The Bertz CT molecular complexity index is 288. The fourth-order valence-electron chi connectivity index (χ4n) is 1.95. The largest absolute Gasteiger partial charge is 0.372 e. The minimum atomic E-state index is 1.23. The zero-order valence-corrected chi connectivity index (χ0v) is 10.2. The first kappa shape index (κ1) is 10.9. The Morgan fingerprint density at radius 3 is 2.40 bits per heavy atom. The summed E-state index contributed by atoms with van der Waals surface area (Å²) in [6, 6.07) is 9.05. The summed E-state index contributed by atoms with van der Waals surface area (Å²) in [5.74, 6) is 1.23. The lowest BCUT2D eigenvalue weighted by molar-refractivity contribution is 0.949. The number of benzene rings is 1. The van der Waals surface area contributed by atoms with Crippen molar-refractivity contribution in [1.29, 1.82) is 0 Å². The molecule has 15 heavy (non-hydrogen) atoms. The Morgan fingerprint density at radius 1 is 1.13 bits per heavy atom. The van der Waals surface area contributed by atoms with E-state index in [4.69, 9.17) is 0 Å². The first-order valence-electron chi connectivity index (χ1n) is 5.88. The lowest BCUT2D eigenvalue weighted by Crippen LogP contribution is -2.17. The molecule has 2 heteroatoms. The summed E-state index contributed by atoms with van der Waals surface area (Å²) < 4.78 is 0. The molecule has 1 aromatic carbocycles. The van der Waals surface area contributed by atoms with Gasteiger partial charge in [-0.2, -0.15) is 0 Å². The molecule has 0 aliphatic carbocycles. The lowest BCUT2D eigenvalue weighted by atomic mass is 10.3. The Morgan fingerprint density at radius 2 is 1.80 bits per heavy atom. The molecule has 82 valence electrons. The van der Waals surface area contributed by atoms with Crippen molar-refractivity contribution in [2.24, 2.45) is 0 Å². The normalized spacial score (nSPS) is 15.9. The highest BCUT2D eigenvalue weighted by atomic mass is 32.2. The number of hydrogen-bond acceptors (Lipinski definition) is 2. The lowest BCUT2D eigenvalue weighted by Gasteiger charge is -2.17. The van der Waals surface area contributed by atoms with Crippen molar-refractivity contribution >= 4 is 17.4 Å². The predicted octanol–water partition coefficient (Wildman–Crippen LogP) is 3.79. The molecule has 0 N–H and O–H groups in total. The third kappa shape index (κ3) is 2.91. The van der Waals surface area contributed by atoms with Gasteiger partial charge in [0.1, 0.15) is 0 Å². The molecule has 0 amide bonds.